The van der Waals surface area contributed by atoms with Crippen LogP contribution in [0.2, 0.25) is 0 Å². The van der Waals surface area contributed by atoms with Crippen molar-refractivity contribution in [2.45, 2.75) is 32.9 Å². The minimum absolute atomic E-state index is 0.00678. The maximum Gasteiger partial charge on any atom is 0.295 e. The van der Waals surface area contributed by atoms with Crippen LogP contribution >= 0.6 is 0 Å². The van der Waals surface area contributed by atoms with E-state index in [0.29, 0.717) is 22.6 Å². The fraction of sp³-hybridized carbons (Fsp3) is 0.360. The number of Topliss-reactive ketones (excluding diaryl/α,β-unsaturated/α-hetero) is 1. The largest absolute Gasteiger partial charge is 0.507 e. The van der Waals surface area contributed by atoms with Crippen LogP contribution in [-0.4, -0.2) is 55.2 Å². The van der Waals surface area contributed by atoms with E-state index in [0.717, 1.165) is 5.56 Å². The lowest BCUT2D eigenvalue weighted by atomic mass is 9.94. The normalized spacial score (nSPS) is 17.8. The molecule has 170 valence electrons. The van der Waals surface area contributed by atoms with Gasteiger partial charge in [-0.2, -0.15) is 0 Å². The topological polar surface area (TPSA) is 85.3 Å². The van der Waals surface area contributed by atoms with Crippen molar-refractivity contribution in [2.24, 2.45) is 0 Å². The second kappa shape index (κ2) is 9.87. The van der Waals surface area contributed by atoms with Gasteiger partial charge in [-0.1, -0.05) is 12.1 Å². The van der Waals surface area contributed by atoms with Crippen molar-refractivity contribution in [3.8, 4) is 11.5 Å². The lowest BCUT2D eigenvalue weighted by Crippen LogP contribution is -2.32. The van der Waals surface area contributed by atoms with Gasteiger partial charge in [-0.05, 0) is 62.2 Å². The molecule has 0 aliphatic carbocycles. The van der Waals surface area contributed by atoms with E-state index in [9.17, 15) is 14.7 Å². The molecule has 1 N–H and O–H groups in total. The van der Waals surface area contributed by atoms with Crippen molar-refractivity contribution in [1.82, 2.24) is 4.90 Å². The molecule has 2 aromatic carbocycles. The average molecular weight is 440 g/mol. The van der Waals surface area contributed by atoms with E-state index in [1.807, 2.05) is 20.8 Å². The van der Waals surface area contributed by atoms with E-state index in [-0.39, 0.29) is 30.6 Å². The zero-order valence-electron chi connectivity index (χ0n) is 19.0. The molecule has 0 bridgehead atoms. The molecule has 1 saturated heterocycles. The van der Waals surface area contributed by atoms with Crippen LogP contribution in [0.3, 0.4) is 0 Å². The first-order valence-electron chi connectivity index (χ1n) is 10.5. The van der Waals surface area contributed by atoms with Gasteiger partial charge in [0.05, 0.1) is 31.4 Å². The summed E-state index contributed by atoms with van der Waals surface area (Å²) < 4.78 is 16.2. The van der Waals surface area contributed by atoms with Crippen LogP contribution in [0.15, 0.2) is 48.0 Å². The minimum atomic E-state index is -0.757. The van der Waals surface area contributed by atoms with E-state index in [4.69, 9.17) is 14.2 Å². The van der Waals surface area contributed by atoms with Crippen molar-refractivity contribution >= 4 is 17.4 Å². The molecule has 1 fully saturated rings. The number of aliphatic hydroxyl groups is 1. The molecule has 1 amide bonds. The number of hydrogen-bond acceptors (Lipinski definition) is 6. The van der Waals surface area contributed by atoms with Crippen LogP contribution in [0.25, 0.3) is 5.76 Å². The lowest BCUT2D eigenvalue weighted by molar-refractivity contribution is -0.140. The predicted octanol–water partition coefficient (Wildman–Crippen LogP) is 3.86. The summed E-state index contributed by atoms with van der Waals surface area (Å²) in [6, 6.07) is 11.6. The predicted molar refractivity (Wildman–Crippen MR) is 121 cm³/mol. The third-order valence-electron chi connectivity index (χ3n) is 5.30. The zero-order chi connectivity index (χ0) is 23.4. The number of methoxy groups -OCH3 is 2. The summed E-state index contributed by atoms with van der Waals surface area (Å²) in [6.45, 7) is 6.20. The molecule has 0 radical (unpaired) electrons. The molecule has 0 saturated carbocycles. The molecule has 32 heavy (non-hydrogen) atoms. The summed E-state index contributed by atoms with van der Waals surface area (Å²) in [7, 11) is 3.07. The van der Waals surface area contributed by atoms with Gasteiger partial charge in [0.2, 0.25) is 0 Å². The number of aryl methyl sites for hydroxylation is 1. The number of carbonyl (C=O) groups excluding carboxylic acids is 2. The number of ketones is 1. The number of hydrogen-bond donors (Lipinski definition) is 1. The molecule has 1 aliphatic rings. The molecule has 1 heterocycles. The van der Waals surface area contributed by atoms with Crippen LogP contribution in [0, 0.1) is 6.92 Å². The Kier molecular flexibility index (Phi) is 7.20. The maximum atomic E-state index is 13.0. The minimum Gasteiger partial charge on any atom is -0.507 e. The highest BCUT2D eigenvalue weighted by Crippen LogP contribution is 2.40. The summed E-state index contributed by atoms with van der Waals surface area (Å²) in [5.74, 6) is -0.345. The third-order valence-corrected chi connectivity index (χ3v) is 5.30. The number of ether oxygens (including phenoxy) is 3. The van der Waals surface area contributed by atoms with Gasteiger partial charge in [0, 0.05) is 19.2 Å². The molecule has 0 aromatic heterocycles. The van der Waals surface area contributed by atoms with Gasteiger partial charge in [0.15, 0.2) is 0 Å². The summed E-state index contributed by atoms with van der Waals surface area (Å²) in [5, 5.41) is 11.2. The first kappa shape index (κ1) is 23.3. The number of amides is 1. The fourth-order valence-electron chi connectivity index (χ4n) is 3.80. The van der Waals surface area contributed by atoms with Gasteiger partial charge >= 0.3 is 0 Å². The zero-order valence-corrected chi connectivity index (χ0v) is 19.0. The molecule has 2 aromatic rings. The summed E-state index contributed by atoms with van der Waals surface area (Å²) in [6.07, 6.45) is 0.00678. The van der Waals surface area contributed by atoms with Gasteiger partial charge < -0.3 is 24.2 Å². The Balaban J connectivity index is 2.13. The molecule has 3 rings (SSSR count). The monoisotopic (exact) mass is 439 g/mol. The van der Waals surface area contributed by atoms with Crippen molar-refractivity contribution in [3.05, 3.63) is 64.7 Å². The Morgan fingerprint density at radius 1 is 1.12 bits per heavy atom. The Hall–Kier alpha value is -3.32. The number of benzene rings is 2. The molecule has 7 nitrogen and oxygen atoms in total. The highest BCUT2D eigenvalue weighted by Gasteiger charge is 2.46. The standard InChI is InChI=1S/C25H29NO6/c1-15(2)32-20-10-9-18(13-16(20)3)23(27)21-22(17-7-6-8-19(14-17)31-5)26(11-12-30-4)25(29)24(21)28/h6-10,13-15,22,27H,11-12H2,1-5H3/b23-21+. The van der Waals surface area contributed by atoms with E-state index in [1.165, 1.54) is 12.0 Å². The first-order chi connectivity index (χ1) is 15.3. The van der Waals surface area contributed by atoms with Crippen LogP contribution < -0.4 is 9.47 Å². The summed E-state index contributed by atoms with van der Waals surface area (Å²) in [5.41, 5.74) is 1.96. The van der Waals surface area contributed by atoms with Gasteiger partial charge in [-0.25, -0.2) is 0 Å². The highest BCUT2D eigenvalue weighted by atomic mass is 16.5. The van der Waals surface area contributed by atoms with Crippen LogP contribution in [-0.2, 0) is 14.3 Å². The van der Waals surface area contributed by atoms with Crippen molar-refractivity contribution in [2.75, 3.05) is 27.4 Å². The summed E-state index contributed by atoms with van der Waals surface area (Å²) in [4.78, 5) is 27.3. The van der Waals surface area contributed by atoms with Crippen molar-refractivity contribution in [1.29, 1.82) is 0 Å². The smallest absolute Gasteiger partial charge is 0.295 e. The average Bonchev–Trinajstić information content (AvgIpc) is 3.03. The molecular formula is C25H29NO6. The number of rotatable bonds is 8. The third kappa shape index (κ3) is 4.62. The number of aliphatic hydroxyl groups excluding tert-OH is 1. The maximum absolute atomic E-state index is 13.0. The second-order valence-corrected chi connectivity index (χ2v) is 7.91. The van der Waals surface area contributed by atoms with Crippen LogP contribution in [0.5, 0.6) is 11.5 Å². The molecule has 7 heteroatoms. The Labute approximate surface area is 188 Å². The number of likely N-dealkylation sites (tertiary alicyclic amines) is 1. The Morgan fingerprint density at radius 3 is 2.50 bits per heavy atom. The van der Waals surface area contributed by atoms with E-state index in [2.05, 4.69) is 0 Å². The molecule has 0 spiro atoms. The lowest BCUT2D eigenvalue weighted by Gasteiger charge is -2.25. The van der Waals surface area contributed by atoms with Crippen LogP contribution in [0.4, 0.5) is 0 Å². The first-order valence-corrected chi connectivity index (χ1v) is 10.5. The fourth-order valence-corrected chi connectivity index (χ4v) is 3.80. The SMILES string of the molecule is COCCN1C(=O)C(=O)/C(=C(/O)c2ccc(OC(C)C)c(C)c2)C1c1cccc(OC)c1. The van der Waals surface area contributed by atoms with Crippen LogP contribution in [0.1, 0.15) is 36.6 Å². The van der Waals surface area contributed by atoms with Crippen molar-refractivity contribution in [3.63, 3.8) is 0 Å². The van der Waals surface area contributed by atoms with Gasteiger partial charge in [-0.15, -0.1) is 0 Å². The van der Waals surface area contributed by atoms with E-state index in [1.54, 1.807) is 49.6 Å². The number of carbonyl (C=O) groups is 2. The molecular weight excluding hydrogens is 410 g/mol. The molecule has 1 unspecified atom stereocenters. The summed E-state index contributed by atoms with van der Waals surface area (Å²) >= 11 is 0. The second-order valence-electron chi connectivity index (χ2n) is 7.91. The highest BCUT2D eigenvalue weighted by molar-refractivity contribution is 6.46. The van der Waals surface area contributed by atoms with Crippen molar-refractivity contribution < 1.29 is 28.9 Å². The quantitative estimate of drug-likeness (QED) is 0.382. The Bertz CT molecular complexity index is 1040. The molecule has 1 aliphatic heterocycles. The van der Waals surface area contributed by atoms with E-state index < -0.39 is 17.7 Å². The van der Waals surface area contributed by atoms with Gasteiger partial charge in [0.1, 0.15) is 17.3 Å². The van der Waals surface area contributed by atoms with Gasteiger partial charge in [-0.3, -0.25) is 9.59 Å². The molecule has 1 atom stereocenters. The van der Waals surface area contributed by atoms with Gasteiger partial charge in [0.25, 0.3) is 11.7 Å². The Morgan fingerprint density at radius 2 is 1.88 bits per heavy atom. The van der Waals surface area contributed by atoms with E-state index >= 15 is 0 Å². The number of nitrogens with zero attached hydrogens (tertiary/aromatic N) is 1.